The number of hydrogen-bond donors (Lipinski definition) is 0. The van der Waals surface area contributed by atoms with Crippen LogP contribution in [0.2, 0.25) is 0 Å². The number of halogens is 2. The van der Waals surface area contributed by atoms with Gasteiger partial charge in [0.05, 0.1) is 6.61 Å². The van der Waals surface area contributed by atoms with Gasteiger partial charge in [0.1, 0.15) is 0 Å². The molecule has 0 radical (unpaired) electrons. The van der Waals surface area contributed by atoms with Crippen LogP contribution >= 0.6 is 0 Å². The lowest BCUT2D eigenvalue weighted by Gasteiger charge is -2.06. The van der Waals surface area contributed by atoms with Crippen LogP contribution in [-0.2, 0) is 11.3 Å². The largest absolute Gasteiger partial charge is 0.345 e. The molecule has 78 valence electrons. The van der Waals surface area contributed by atoms with Crippen molar-refractivity contribution in [1.29, 1.82) is 0 Å². The molecule has 0 N–H and O–H groups in total. The van der Waals surface area contributed by atoms with Gasteiger partial charge in [-0.1, -0.05) is 19.9 Å². The van der Waals surface area contributed by atoms with Crippen LogP contribution in [0.25, 0.3) is 0 Å². The van der Waals surface area contributed by atoms with E-state index in [1.165, 1.54) is 0 Å². The molecule has 0 aliphatic rings. The minimum Gasteiger partial charge on any atom is -0.318 e. The van der Waals surface area contributed by atoms with Gasteiger partial charge < -0.3 is 4.74 Å². The van der Waals surface area contributed by atoms with Gasteiger partial charge in [-0.15, -0.1) is 0 Å². The molecular weight excluding hydrogens is 188 g/mol. The van der Waals surface area contributed by atoms with Crippen molar-refractivity contribution in [3.05, 3.63) is 29.6 Å². The summed E-state index contributed by atoms with van der Waals surface area (Å²) in [5, 5.41) is 0. The van der Waals surface area contributed by atoms with Crippen LogP contribution in [0.4, 0.5) is 8.78 Å². The zero-order valence-electron chi connectivity index (χ0n) is 8.21. The molecule has 4 heteroatoms. The third-order valence-corrected chi connectivity index (χ3v) is 1.82. The van der Waals surface area contributed by atoms with E-state index in [4.69, 9.17) is 0 Å². The molecular formula is C10H13F2NO. The maximum atomic E-state index is 11.7. The third kappa shape index (κ3) is 3.38. The van der Waals surface area contributed by atoms with Crippen LogP contribution in [0.3, 0.4) is 0 Å². The van der Waals surface area contributed by atoms with E-state index in [1.807, 2.05) is 19.9 Å². The first-order chi connectivity index (χ1) is 6.59. The zero-order chi connectivity index (χ0) is 10.6. The predicted octanol–water partition coefficient (Wildman–Crippen LogP) is 2.94. The Morgan fingerprint density at radius 1 is 1.36 bits per heavy atom. The molecule has 0 bridgehead atoms. The molecule has 0 unspecified atom stereocenters. The molecule has 0 amide bonds. The second kappa shape index (κ2) is 5.00. The van der Waals surface area contributed by atoms with E-state index in [0.717, 1.165) is 5.69 Å². The Morgan fingerprint density at radius 3 is 2.50 bits per heavy atom. The molecule has 0 spiro atoms. The maximum Gasteiger partial charge on any atom is 0.345 e. The number of alkyl halides is 2. The lowest BCUT2D eigenvalue weighted by Crippen LogP contribution is -2.00. The molecule has 1 rings (SSSR count). The highest BCUT2D eigenvalue weighted by Gasteiger charge is 2.04. The number of hydrogen-bond acceptors (Lipinski definition) is 2. The summed E-state index contributed by atoms with van der Waals surface area (Å²) >= 11 is 0. The molecule has 0 aromatic carbocycles. The molecule has 14 heavy (non-hydrogen) atoms. The van der Waals surface area contributed by atoms with Gasteiger partial charge in [0.2, 0.25) is 0 Å². The molecule has 0 aliphatic heterocycles. The molecule has 0 saturated heterocycles. The third-order valence-electron chi connectivity index (χ3n) is 1.82. The van der Waals surface area contributed by atoms with E-state index in [0.29, 0.717) is 11.5 Å². The molecule has 0 fully saturated rings. The first-order valence-corrected chi connectivity index (χ1v) is 4.44. The van der Waals surface area contributed by atoms with Crippen molar-refractivity contribution in [2.45, 2.75) is 33.0 Å². The summed E-state index contributed by atoms with van der Waals surface area (Å²) in [6.07, 6.45) is 1.57. The molecule has 2 nitrogen and oxygen atoms in total. The number of pyridine rings is 1. The molecule has 0 saturated carbocycles. The highest BCUT2D eigenvalue weighted by Crippen LogP contribution is 2.12. The van der Waals surface area contributed by atoms with Gasteiger partial charge in [-0.3, -0.25) is 4.98 Å². The van der Waals surface area contributed by atoms with Gasteiger partial charge in [-0.2, -0.15) is 8.78 Å². The summed E-state index contributed by atoms with van der Waals surface area (Å²) in [5.74, 6) is 0.347. The summed E-state index contributed by atoms with van der Waals surface area (Å²) < 4.78 is 27.5. The van der Waals surface area contributed by atoms with Gasteiger partial charge in [0.15, 0.2) is 0 Å². The molecule has 1 heterocycles. The quantitative estimate of drug-likeness (QED) is 0.747. The van der Waals surface area contributed by atoms with Gasteiger partial charge >= 0.3 is 6.61 Å². The van der Waals surface area contributed by atoms with Crippen molar-refractivity contribution in [2.75, 3.05) is 0 Å². The highest BCUT2D eigenvalue weighted by atomic mass is 19.3. The summed E-state index contributed by atoms with van der Waals surface area (Å²) in [6.45, 7) is 1.23. The van der Waals surface area contributed by atoms with E-state index in [9.17, 15) is 8.78 Å². The number of aromatic nitrogens is 1. The fraction of sp³-hybridized carbons (Fsp3) is 0.500. The van der Waals surface area contributed by atoms with Gasteiger partial charge in [0, 0.05) is 11.9 Å². The summed E-state index contributed by atoms with van der Waals surface area (Å²) in [4.78, 5) is 4.13. The van der Waals surface area contributed by atoms with Gasteiger partial charge in [-0.25, -0.2) is 0 Å². The van der Waals surface area contributed by atoms with Crippen LogP contribution in [0.15, 0.2) is 18.3 Å². The van der Waals surface area contributed by atoms with E-state index in [1.54, 1.807) is 12.3 Å². The molecule has 0 atom stereocenters. The summed E-state index contributed by atoms with van der Waals surface area (Å²) in [7, 11) is 0. The first kappa shape index (κ1) is 11.0. The lowest BCUT2D eigenvalue weighted by atomic mass is 10.1. The van der Waals surface area contributed by atoms with Crippen LogP contribution in [0.1, 0.15) is 31.0 Å². The van der Waals surface area contributed by atoms with Crippen molar-refractivity contribution in [1.82, 2.24) is 4.98 Å². The number of ether oxygens (including phenoxy) is 1. The smallest absolute Gasteiger partial charge is 0.318 e. The average molecular weight is 201 g/mol. The summed E-state index contributed by atoms with van der Waals surface area (Å²) in [6, 6.07) is 3.58. The van der Waals surface area contributed by atoms with Crippen molar-refractivity contribution in [3.63, 3.8) is 0 Å². The van der Waals surface area contributed by atoms with Crippen molar-refractivity contribution in [2.24, 2.45) is 0 Å². The Labute approximate surface area is 81.9 Å². The first-order valence-electron chi connectivity index (χ1n) is 4.44. The summed E-state index contributed by atoms with van der Waals surface area (Å²) in [5.41, 5.74) is 1.61. The Kier molecular flexibility index (Phi) is 3.95. The average Bonchev–Trinajstić information content (AvgIpc) is 2.15. The molecule has 1 aromatic rings. The van der Waals surface area contributed by atoms with Crippen molar-refractivity contribution < 1.29 is 13.5 Å². The van der Waals surface area contributed by atoms with E-state index >= 15 is 0 Å². The predicted molar refractivity (Wildman–Crippen MR) is 49.1 cm³/mol. The maximum absolute atomic E-state index is 11.7. The van der Waals surface area contributed by atoms with Gasteiger partial charge in [0.25, 0.3) is 0 Å². The van der Waals surface area contributed by atoms with E-state index < -0.39 is 6.61 Å². The van der Waals surface area contributed by atoms with Crippen LogP contribution < -0.4 is 0 Å². The fourth-order valence-corrected chi connectivity index (χ4v) is 1.02. The Hall–Kier alpha value is -1.03. The van der Waals surface area contributed by atoms with Crippen molar-refractivity contribution >= 4 is 0 Å². The van der Waals surface area contributed by atoms with Gasteiger partial charge in [-0.05, 0) is 17.5 Å². The van der Waals surface area contributed by atoms with Crippen LogP contribution in [0.5, 0.6) is 0 Å². The van der Waals surface area contributed by atoms with Crippen molar-refractivity contribution in [3.8, 4) is 0 Å². The Bertz CT molecular complexity index is 272. The van der Waals surface area contributed by atoms with Crippen LogP contribution in [-0.4, -0.2) is 11.6 Å². The lowest BCUT2D eigenvalue weighted by molar-refractivity contribution is -0.137. The highest BCUT2D eigenvalue weighted by molar-refractivity contribution is 5.15. The SMILES string of the molecule is CC(C)c1ccc(COC(F)F)cn1. The molecule has 0 aliphatic carbocycles. The normalized spacial score (nSPS) is 11.3. The Morgan fingerprint density at radius 2 is 2.07 bits per heavy atom. The monoisotopic (exact) mass is 201 g/mol. The zero-order valence-corrected chi connectivity index (χ0v) is 8.21. The van der Waals surface area contributed by atoms with Crippen LogP contribution in [0, 0.1) is 0 Å². The van der Waals surface area contributed by atoms with E-state index in [-0.39, 0.29) is 6.61 Å². The number of rotatable bonds is 4. The number of nitrogens with zero attached hydrogens (tertiary/aromatic N) is 1. The topological polar surface area (TPSA) is 22.1 Å². The second-order valence-electron chi connectivity index (χ2n) is 3.32. The minimum absolute atomic E-state index is 0.0942. The van der Waals surface area contributed by atoms with E-state index in [2.05, 4.69) is 9.72 Å². The Balaban J connectivity index is 2.55. The molecule has 1 aromatic heterocycles. The minimum atomic E-state index is -2.72. The fourth-order valence-electron chi connectivity index (χ4n) is 1.02. The second-order valence-corrected chi connectivity index (χ2v) is 3.32. The standard InChI is InChI=1S/C10H13F2NO/c1-7(2)9-4-3-8(5-13-9)6-14-10(11)12/h3-5,7,10H,6H2,1-2H3.